The molecule has 0 spiro atoms. The third-order valence-corrected chi connectivity index (χ3v) is 4.09. The van der Waals surface area contributed by atoms with Gasteiger partial charge in [-0.2, -0.15) is 13.2 Å². The molecule has 5 nitrogen and oxygen atoms in total. The van der Waals surface area contributed by atoms with E-state index in [1.807, 2.05) is 13.0 Å². The summed E-state index contributed by atoms with van der Waals surface area (Å²) >= 11 is 0. The summed E-state index contributed by atoms with van der Waals surface area (Å²) < 4.78 is 44.2. The van der Waals surface area contributed by atoms with Crippen molar-refractivity contribution < 1.29 is 27.5 Å². The summed E-state index contributed by atoms with van der Waals surface area (Å²) in [4.78, 5) is 24.5. The van der Waals surface area contributed by atoms with E-state index >= 15 is 0 Å². The van der Waals surface area contributed by atoms with Gasteiger partial charge in [-0.25, -0.2) is 0 Å². The molecule has 2 unspecified atom stereocenters. The van der Waals surface area contributed by atoms with Gasteiger partial charge in [0.2, 0.25) is 5.91 Å². The van der Waals surface area contributed by atoms with Crippen LogP contribution in [0.25, 0.3) is 0 Å². The molecule has 2 N–H and O–H groups in total. The second-order valence-corrected chi connectivity index (χ2v) is 6.78. The van der Waals surface area contributed by atoms with E-state index in [0.717, 1.165) is 11.6 Å². The number of hydrogen-bond donors (Lipinski definition) is 2. The molecular formula is C21H23F3N2O3. The van der Waals surface area contributed by atoms with Crippen LogP contribution in [0.15, 0.2) is 48.5 Å². The van der Waals surface area contributed by atoms with Gasteiger partial charge in [-0.3, -0.25) is 9.59 Å². The maximum atomic E-state index is 13.0. The van der Waals surface area contributed by atoms with Gasteiger partial charge in [0.15, 0.2) is 0 Å². The topological polar surface area (TPSA) is 67.4 Å². The van der Waals surface area contributed by atoms with Crippen LogP contribution < -0.4 is 15.4 Å². The predicted octanol–water partition coefficient (Wildman–Crippen LogP) is 3.72. The third kappa shape index (κ3) is 6.51. The first-order valence-electron chi connectivity index (χ1n) is 9.05. The molecule has 2 aromatic rings. The normalized spacial score (nSPS) is 13.3. The number of para-hydroxylation sites is 1. The minimum Gasteiger partial charge on any atom is -0.491 e. The number of benzene rings is 2. The van der Waals surface area contributed by atoms with E-state index in [-0.39, 0.29) is 18.3 Å². The van der Waals surface area contributed by atoms with Crippen molar-refractivity contribution >= 4 is 11.8 Å². The molecular weight excluding hydrogens is 385 g/mol. The molecule has 2 rings (SSSR count). The van der Waals surface area contributed by atoms with Crippen LogP contribution in [0.5, 0.6) is 5.75 Å². The highest BCUT2D eigenvalue weighted by atomic mass is 19.4. The fraction of sp³-hybridized carbons (Fsp3) is 0.333. The molecule has 0 radical (unpaired) electrons. The lowest BCUT2D eigenvalue weighted by Crippen LogP contribution is -2.48. The second kappa shape index (κ2) is 9.45. The highest BCUT2D eigenvalue weighted by Gasteiger charge is 2.34. The monoisotopic (exact) mass is 408 g/mol. The Labute approximate surface area is 167 Å². The smallest absolute Gasteiger partial charge is 0.419 e. The van der Waals surface area contributed by atoms with Crippen molar-refractivity contribution in [2.45, 2.75) is 39.0 Å². The second-order valence-electron chi connectivity index (χ2n) is 6.78. The SMILES string of the molecule is Cc1cccc(C(=O)NC(C)C(=O)NC(C)COc2ccccc2C(F)(F)F)c1. The van der Waals surface area contributed by atoms with Crippen molar-refractivity contribution in [3.8, 4) is 5.75 Å². The van der Waals surface area contributed by atoms with E-state index < -0.39 is 29.7 Å². The molecule has 2 atom stereocenters. The Balaban J connectivity index is 1.88. The first-order valence-corrected chi connectivity index (χ1v) is 9.05. The van der Waals surface area contributed by atoms with Gasteiger partial charge in [0.1, 0.15) is 18.4 Å². The Morgan fingerprint density at radius 1 is 1.03 bits per heavy atom. The zero-order chi connectivity index (χ0) is 21.6. The Bertz CT molecular complexity index is 868. The molecule has 0 bridgehead atoms. The first kappa shape index (κ1) is 22.3. The minimum absolute atomic E-state index is 0.155. The standard InChI is InChI=1S/C21H23F3N2O3/c1-13-7-6-8-16(11-13)20(28)26-15(3)19(27)25-14(2)12-29-18-10-5-4-9-17(18)21(22,23)24/h4-11,14-15H,12H2,1-3H3,(H,25,27)(H,26,28). The van der Waals surface area contributed by atoms with Crippen LogP contribution in [0.4, 0.5) is 13.2 Å². The molecule has 0 saturated carbocycles. The fourth-order valence-corrected chi connectivity index (χ4v) is 2.58. The highest BCUT2D eigenvalue weighted by Crippen LogP contribution is 2.35. The number of rotatable bonds is 7. The van der Waals surface area contributed by atoms with Crippen molar-refractivity contribution in [3.05, 3.63) is 65.2 Å². The Kier molecular flexibility index (Phi) is 7.25. The van der Waals surface area contributed by atoms with Crippen LogP contribution in [0.1, 0.15) is 35.3 Å². The number of alkyl halides is 3. The molecule has 0 aliphatic carbocycles. The van der Waals surface area contributed by atoms with E-state index in [0.29, 0.717) is 5.56 Å². The van der Waals surface area contributed by atoms with Crippen LogP contribution in [-0.4, -0.2) is 30.5 Å². The van der Waals surface area contributed by atoms with Crippen molar-refractivity contribution in [1.29, 1.82) is 0 Å². The number of amides is 2. The number of halogens is 3. The Hall–Kier alpha value is -3.03. The van der Waals surface area contributed by atoms with Gasteiger partial charge < -0.3 is 15.4 Å². The van der Waals surface area contributed by atoms with E-state index in [2.05, 4.69) is 10.6 Å². The summed E-state index contributed by atoms with van der Waals surface area (Å²) in [6.45, 7) is 4.82. The number of ether oxygens (including phenoxy) is 1. The number of carbonyl (C=O) groups excluding carboxylic acids is 2. The molecule has 0 saturated heterocycles. The van der Waals surface area contributed by atoms with Crippen LogP contribution in [-0.2, 0) is 11.0 Å². The van der Waals surface area contributed by atoms with Crippen molar-refractivity contribution in [1.82, 2.24) is 10.6 Å². The minimum atomic E-state index is -4.53. The summed E-state index contributed by atoms with van der Waals surface area (Å²) in [5.74, 6) is -1.16. The van der Waals surface area contributed by atoms with E-state index in [4.69, 9.17) is 4.74 Å². The van der Waals surface area contributed by atoms with Crippen molar-refractivity contribution in [2.75, 3.05) is 6.61 Å². The van der Waals surface area contributed by atoms with Gasteiger partial charge in [-0.15, -0.1) is 0 Å². The van der Waals surface area contributed by atoms with E-state index in [1.165, 1.54) is 25.1 Å². The summed E-state index contributed by atoms with van der Waals surface area (Å²) in [5, 5.41) is 5.21. The summed E-state index contributed by atoms with van der Waals surface area (Å²) in [7, 11) is 0. The zero-order valence-corrected chi connectivity index (χ0v) is 16.3. The van der Waals surface area contributed by atoms with Gasteiger partial charge in [0.25, 0.3) is 5.91 Å². The van der Waals surface area contributed by atoms with Crippen LogP contribution in [0.2, 0.25) is 0 Å². The fourth-order valence-electron chi connectivity index (χ4n) is 2.58. The summed E-state index contributed by atoms with van der Waals surface area (Å²) in [5.41, 5.74) is 0.474. The maximum absolute atomic E-state index is 13.0. The molecule has 0 fully saturated rings. The lowest BCUT2D eigenvalue weighted by Gasteiger charge is -2.20. The summed E-state index contributed by atoms with van der Waals surface area (Å²) in [6.07, 6.45) is -4.53. The molecule has 0 aliphatic heterocycles. The number of carbonyl (C=O) groups is 2. The number of hydrogen-bond acceptors (Lipinski definition) is 3. The molecule has 29 heavy (non-hydrogen) atoms. The van der Waals surface area contributed by atoms with Gasteiger partial charge in [0.05, 0.1) is 11.6 Å². The van der Waals surface area contributed by atoms with Crippen molar-refractivity contribution in [2.24, 2.45) is 0 Å². The third-order valence-electron chi connectivity index (χ3n) is 4.09. The zero-order valence-electron chi connectivity index (χ0n) is 16.3. The molecule has 2 aromatic carbocycles. The van der Waals surface area contributed by atoms with Crippen LogP contribution in [0, 0.1) is 6.92 Å². The Morgan fingerprint density at radius 2 is 1.72 bits per heavy atom. The van der Waals surface area contributed by atoms with E-state index in [1.54, 1.807) is 25.1 Å². The maximum Gasteiger partial charge on any atom is 0.419 e. The largest absolute Gasteiger partial charge is 0.491 e. The van der Waals surface area contributed by atoms with Gasteiger partial charge in [0, 0.05) is 5.56 Å². The number of nitrogens with one attached hydrogen (secondary N) is 2. The van der Waals surface area contributed by atoms with Gasteiger partial charge in [-0.05, 0) is 45.0 Å². The predicted molar refractivity (Wildman–Crippen MR) is 103 cm³/mol. The Morgan fingerprint density at radius 3 is 2.38 bits per heavy atom. The van der Waals surface area contributed by atoms with Gasteiger partial charge >= 0.3 is 6.18 Å². The van der Waals surface area contributed by atoms with Gasteiger partial charge in [-0.1, -0.05) is 29.8 Å². The van der Waals surface area contributed by atoms with Crippen molar-refractivity contribution in [3.63, 3.8) is 0 Å². The summed E-state index contributed by atoms with van der Waals surface area (Å²) in [6, 6.07) is 10.4. The molecule has 0 aliphatic rings. The average Bonchev–Trinajstić information content (AvgIpc) is 2.65. The first-order chi connectivity index (χ1) is 13.6. The molecule has 0 heterocycles. The highest BCUT2D eigenvalue weighted by molar-refractivity contribution is 5.97. The number of aryl methyl sites for hydroxylation is 1. The molecule has 156 valence electrons. The average molecular weight is 408 g/mol. The lowest BCUT2D eigenvalue weighted by molar-refractivity contribution is -0.139. The quantitative estimate of drug-likeness (QED) is 0.734. The van der Waals surface area contributed by atoms with Crippen LogP contribution in [0.3, 0.4) is 0 Å². The molecule has 0 aromatic heterocycles. The molecule has 2 amide bonds. The lowest BCUT2D eigenvalue weighted by atomic mass is 10.1. The molecule has 8 heteroatoms. The van der Waals surface area contributed by atoms with Crippen LogP contribution >= 0.6 is 0 Å². The van der Waals surface area contributed by atoms with E-state index in [9.17, 15) is 22.8 Å².